The molecule has 0 saturated carbocycles. The molecule has 1 N–H and O–H groups in total. The Kier molecular flexibility index (Phi) is 5.45. The Morgan fingerprint density at radius 1 is 1.33 bits per heavy atom. The molecule has 0 unspecified atom stereocenters. The van der Waals surface area contributed by atoms with Gasteiger partial charge in [0.05, 0.1) is 0 Å². The summed E-state index contributed by atoms with van der Waals surface area (Å²) in [4.78, 5) is 14.6. The van der Waals surface area contributed by atoms with Gasteiger partial charge < -0.3 is 15.1 Å². The number of nitrogens with one attached hydrogen (secondary N) is 1. The molecule has 2 amide bonds. The molecule has 4 heteroatoms. The van der Waals surface area contributed by atoms with Gasteiger partial charge in [0.25, 0.3) is 0 Å². The summed E-state index contributed by atoms with van der Waals surface area (Å²) in [5.41, 5.74) is 0. The van der Waals surface area contributed by atoms with Crippen LogP contribution in [0.5, 0.6) is 0 Å². The van der Waals surface area contributed by atoms with Crippen molar-refractivity contribution < 1.29 is 4.79 Å². The van der Waals surface area contributed by atoms with E-state index in [4.69, 9.17) is 0 Å². The Bertz CT molecular complexity index is 136. The van der Waals surface area contributed by atoms with Gasteiger partial charge in [-0.25, -0.2) is 4.79 Å². The molecule has 0 spiro atoms. The van der Waals surface area contributed by atoms with Crippen molar-refractivity contribution in [3.63, 3.8) is 0 Å². The van der Waals surface area contributed by atoms with Crippen molar-refractivity contribution in [2.45, 2.75) is 6.42 Å². The molecule has 0 bridgehead atoms. The molecule has 0 aliphatic rings. The van der Waals surface area contributed by atoms with Gasteiger partial charge in [0.1, 0.15) is 0 Å². The molecule has 0 atom stereocenters. The summed E-state index contributed by atoms with van der Waals surface area (Å²) >= 11 is 0. The van der Waals surface area contributed by atoms with Crippen LogP contribution < -0.4 is 5.32 Å². The Morgan fingerprint density at radius 2 is 1.92 bits per heavy atom. The van der Waals surface area contributed by atoms with Crippen molar-refractivity contribution in [2.75, 3.05) is 41.3 Å². The van der Waals surface area contributed by atoms with E-state index < -0.39 is 0 Å². The second-order valence-electron chi connectivity index (χ2n) is 3.06. The first-order chi connectivity index (χ1) is 5.59. The topological polar surface area (TPSA) is 35.6 Å². The van der Waals surface area contributed by atoms with Crippen LogP contribution in [0, 0.1) is 0 Å². The molecule has 12 heavy (non-hydrogen) atoms. The summed E-state index contributed by atoms with van der Waals surface area (Å²) in [6.07, 6.45) is 0.993. The molecule has 0 fully saturated rings. The number of hydrogen-bond acceptors (Lipinski definition) is 2. The first-order valence-corrected chi connectivity index (χ1v) is 4.16. The maximum atomic E-state index is 11.3. The molecule has 0 aromatic heterocycles. The lowest BCUT2D eigenvalue weighted by Crippen LogP contribution is -2.37. The van der Waals surface area contributed by atoms with Crippen LogP contribution in [0.25, 0.3) is 0 Å². The summed E-state index contributed by atoms with van der Waals surface area (Å²) in [6.45, 7) is 1.75. The van der Waals surface area contributed by atoms with Gasteiger partial charge in [0.15, 0.2) is 0 Å². The molecule has 72 valence electrons. The van der Waals surface area contributed by atoms with Gasteiger partial charge in [-0.3, -0.25) is 0 Å². The van der Waals surface area contributed by atoms with Crippen molar-refractivity contribution in [1.29, 1.82) is 0 Å². The van der Waals surface area contributed by atoms with E-state index in [1.54, 1.807) is 23.9 Å². The van der Waals surface area contributed by atoms with Crippen LogP contribution in [0.2, 0.25) is 0 Å². The number of carbonyl (C=O) groups is 1. The van der Waals surface area contributed by atoms with Crippen molar-refractivity contribution in [2.24, 2.45) is 0 Å². The molecule has 0 aromatic rings. The number of carbonyl (C=O) groups excluding carboxylic acids is 1. The van der Waals surface area contributed by atoms with Crippen LogP contribution in [0.3, 0.4) is 0 Å². The van der Waals surface area contributed by atoms with Crippen molar-refractivity contribution in [3.8, 4) is 0 Å². The van der Waals surface area contributed by atoms with Crippen LogP contribution in [0.4, 0.5) is 4.79 Å². The first kappa shape index (κ1) is 11.2. The molecule has 0 radical (unpaired) electrons. The maximum absolute atomic E-state index is 11.3. The normalized spacial score (nSPS) is 9.67. The summed E-state index contributed by atoms with van der Waals surface area (Å²) in [5.74, 6) is 0. The quantitative estimate of drug-likeness (QED) is 0.617. The van der Waals surface area contributed by atoms with Crippen molar-refractivity contribution in [3.05, 3.63) is 0 Å². The van der Waals surface area contributed by atoms with E-state index in [0.717, 1.165) is 19.5 Å². The highest BCUT2D eigenvalue weighted by Crippen LogP contribution is 1.91. The summed E-state index contributed by atoms with van der Waals surface area (Å²) in [7, 11) is 7.25. The molecule has 0 saturated heterocycles. The van der Waals surface area contributed by atoms with Gasteiger partial charge in [-0.1, -0.05) is 0 Å². The molecule has 0 aliphatic carbocycles. The second kappa shape index (κ2) is 5.83. The minimum Gasteiger partial charge on any atom is -0.331 e. The molecular weight excluding hydrogens is 154 g/mol. The summed E-state index contributed by atoms with van der Waals surface area (Å²) in [5, 5.41) is 3.04. The zero-order valence-corrected chi connectivity index (χ0v) is 8.42. The van der Waals surface area contributed by atoms with E-state index in [1.807, 2.05) is 14.1 Å². The Balaban J connectivity index is 3.57. The maximum Gasteiger partial charge on any atom is 0.319 e. The van der Waals surface area contributed by atoms with Crippen LogP contribution >= 0.6 is 0 Å². The van der Waals surface area contributed by atoms with E-state index in [2.05, 4.69) is 5.32 Å². The first-order valence-electron chi connectivity index (χ1n) is 4.16. The Hall–Kier alpha value is -0.770. The van der Waals surface area contributed by atoms with E-state index in [9.17, 15) is 4.79 Å². The second-order valence-corrected chi connectivity index (χ2v) is 3.06. The van der Waals surface area contributed by atoms with E-state index in [-0.39, 0.29) is 6.03 Å². The SMILES string of the molecule is CNCCCN(C)C(=O)N(C)C. The van der Waals surface area contributed by atoms with Crippen LogP contribution in [-0.4, -0.2) is 57.1 Å². The van der Waals surface area contributed by atoms with Crippen LogP contribution in [-0.2, 0) is 0 Å². The molecular formula is C8H19N3O. The third-order valence-electron chi connectivity index (χ3n) is 1.63. The highest BCUT2D eigenvalue weighted by Gasteiger charge is 2.08. The molecule has 0 heterocycles. The van der Waals surface area contributed by atoms with Gasteiger partial charge in [-0.2, -0.15) is 0 Å². The van der Waals surface area contributed by atoms with E-state index in [0.29, 0.717) is 0 Å². The fourth-order valence-corrected chi connectivity index (χ4v) is 0.930. The number of hydrogen-bond donors (Lipinski definition) is 1. The largest absolute Gasteiger partial charge is 0.331 e. The third kappa shape index (κ3) is 4.18. The molecule has 0 aliphatic heterocycles. The standard InChI is InChI=1S/C8H19N3O/c1-9-6-5-7-11(4)8(12)10(2)3/h9H,5-7H2,1-4H3. The fraction of sp³-hybridized carbons (Fsp3) is 0.875. The average Bonchev–Trinajstić information content (AvgIpc) is 2.03. The van der Waals surface area contributed by atoms with E-state index in [1.165, 1.54) is 0 Å². The minimum absolute atomic E-state index is 0.0612. The van der Waals surface area contributed by atoms with Crippen molar-refractivity contribution >= 4 is 6.03 Å². The Labute approximate surface area is 74.5 Å². The predicted octanol–water partition coefficient (Wildman–Crippen LogP) is 0.209. The summed E-state index contributed by atoms with van der Waals surface area (Å²) < 4.78 is 0. The highest BCUT2D eigenvalue weighted by atomic mass is 16.2. The highest BCUT2D eigenvalue weighted by molar-refractivity contribution is 5.73. The lowest BCUT2D eigenvalue weighted by Gasteiger charge is -2.21. The third-order valence-corrected chi connectivity index (χ3v) is 1.63. The van der Waals surface area contributed by atoms with Gasteiger partial charge in [-0.15, -0.1) is 0 Å². The van der Waals surface area contributed by atoms with Gasteiger partial charge in [-0.05, 0) is 20.0 Å². The zero-order valence-electron chi connectivity index (χ0n) is 8.42. The summed E-state index contributed by atoms with van der Waals surface area (Å²) in [6, 6.07) is 0.0612. The lowest BCUT2D eigenvalue weighted by atomic mass is 10.4. The monoisotopic (exact) mass is 173 g/mol. The number of nitrogens with zero attached hydrogens (tertiary/aromatic N) is 2. The molecule has 0 rings (SSSR count). The van der Waals surface area contributed by atoms with E-state index >= 15 is 0 Å². The van der Waals surface area contributed by atoms with Crippen LogP contribution in [0.1, 0.15) is 6.42 Å². The van der Waals surface area contributed by atoms with Crippen molar-refractivity contribution in [1.82, 2.24) is 15.1 Å². The fourth-order valence-electron chi connectivity index (χ4n) is 0.930. The van der Waals surface area contributed by atoms with Gasteiger partial charge in [0.2, 0.25) is 0 Å². The van der Waals surface area contributed by atoms with Gasteiger partial charge >= 0.3 is 6.03 Å². The molecule has 0 aromatic carbocycles. The smallest absolute Gasteiger partial charge is 0.319 e. The molecule has 4 nitrogen and oxygen atoms in total. The average molecular weight is 173 g/mol. The minimum atomic E-state index is 0.0612. The number of rotatable bonds is 4. The number of amides is 2. The Morgan fingerprint density at radius 3 is 2.33 bits per heavy atom. The number of urea groups is 1. The van der Waals surface area contributed by atoms with Crippen LogP contribution in [0.15, 0.2) is 0 Å². The zero-order chi connectivity index (χ0) is 9.56. The van der Waals surface area contributed by atoms with Gasteiger partial charge in [0, 0.05) is 27.7 Å². The predicted molar refractivity (Wildman–Crippen MR) is 50.3 cm³/mol. The lowest BCUT2D eigenvalue weighted by molar-refractivity contribution is 0.181.